The normalized spacial score (nSPS) is 33.3. The summed E-state index contributed by atoms with van der Waals surface area (Å²) in [6.45, 7) is 6.21. The third kappa shape index (κ3) is 3.82. The van der Waals surface area contributed by atoms with Crippen molar-refractivity contribution in [2.45, 2.75) is 45.4 Å². The molecule has 5 heteroatoms. The minimum absolute atomic E-state index is 0.0149. The average Bonchev–Trinajstić information content (AvgIpc) is 2.52. The Morgan fingerprint density at radius 1 is 0.917 bits per heavy atom. The van der Waals surface area contributed by atoms with Crippen LogP contribution >= 0.6 is 0 Å². The predicted molar refractivity (Wildman–Crippen MR) is 88.2 cm³/mol. The Balaban J connectivity index is 1.32. The molecule has 4 rings (SSSR count). The maximum Gasteiger partial charge on any atom is 0.333 e. The van der Waals surface area contributed by atoms with Crippen LogP contribution in [-0.2, 0) is 23.8 Å². The van der Waals surface area contributed by atoms with Gasteiger partial charge < -0.3 is 14.2 Å². The lowest BCUT2D eigenvalue weighted by molar-refractivity contribution is -0.173. The maximum absolute atomic E-state index is 12.6. The molecule has 134 valence electrons. The van der Waals surface area contributed by atoms with E-state index in [0.717, 1.165) is 37.0 Å². The summed E-state index contributed by atoms with van der Waals surface area (Å²) in [5, 5.41) is 0. The van der Waals surface area contributed by atoms with Crippen molar-refractivity contribution in [2.75, 3.05) is 26.4 Å². The number of esters is 2. The van der Waals surface area contributed by atoms with Gasteiger partial charge in [0.05, 0.1) is 18.6 Å². The van der Waals surface area contributed by atoms with Gasteiger partial charge in [-0.25, -0.2) is 4.79 Å². The van der Waals surface area contributed by atoms with Gasteiger partial charge in [-0.05, 0) is 63.2 Å². The molecule has 4 aliphatic rings. The van der Waals surface area contributed by atoms with Crippen molar-refractivity contribution in [1.82, 2.24) is 0 Å². The number of carbonyl (C=O) groups excluding carboxylic acids is 2. The highest BCUT2D eigenvalue weighted by Crippen LogP contribution is 2.60. The number of ether oxygens (including phenoxy) is 3. The lowest BCUT2D eigenvalue weighted by atomic mass is 9.49. The van der Waals surface area contributed by atoms with E-state index in [2.05, 4.69) is 6.58 Å². The monoisotopic (exact) mass is 336 g/mol. The van der Waals surface area contributed by atoms with E-state index in [1.54, 1.807) is 6.92 Å². The van der Waals surface area contributed by atoms with Crippen LogP contribution in [0.2, 0.25) is 0 Å². The molecule has 4 fully saturated rings. The smallest absolute Gasteiger partial charge is 0.333 e. The van der Waals surface area contributed by atoms with E-state index >= 15 is 0 Å². The molecule has 0 atom stereocenters. The van der Waals surface area contributed by atoms with Crippen LogP contribution in [0.3, 0.4) is 0 Å². The first-order valence-electron chi connectivity index (χ1n) is 9.06. The molecule has 0 unspecified atom stereocenters. The first-order valence-corrected chi connectivity index (χ1v) is 9.06. The van der Waals surface area contributed by atoms with Crippen LogP contribution in [0, 0.1) is 23.2 Å². The molecular formula is C19H28O5. The van der Waals surface area contributed by atoms with E-state index in [-0.39, 0.29) is 24.6 Å². The van der Waals surface area contributed by atoms with E-state index in [1.165, 1.54) is 19.3 Å². The molecule has 24 heavy (non-hydrogen) atoms. The van der Waals surface area contributed by atoms with Crippen molar-refractivity contribution in [3.05, 3.63) is 12.2 Å². The van der Waals surface area contributed by atoms with Gasteiger partial charge in [0.15, 0.2) is 0 Å². The summed E-state index contributed by atoms with van der Waals surface area (Å²) in [5.41, 5.74) is 0.172. The first-order chi connectivity index (χ1) is 11.5. The molecule has 4 saturated carbocycles. The highest BCUT2D eigenvalue weighted by atomic mass is 16.6. The third-order valence-electron chi connectivity index (χ3n) is 5.74. The summed E-state index contributed by atoms with van der Waals surface area (Å²) in [5.74, 6) is 1.79. The van der Waals surface area contributed by atoms with Crippen LogP contribution in [0.4, 0.5) is 0 Å². The molecule has 0 aliphatic heterocycles. The highest BCUT2D eigenvalue weighted by Gasteiger charge is 2.55. The van der Waals surface area contributed by atoms with Gasteiger partial charge >= 0.3 is 11.9 Å². The van der Waals surface area contributed by atoms with Gasteiger partial charge in [-0.2, -0.15) is 0 Å². The third-order valence-corrected chi connectivity index (χ3v) is 5.74. The van der Waals surface area contributed by atoms with Crippen molar-refractivity contribution in [3.63, 3.8) is 0 Å². The average molecular weight is 336 g/mol. The van der Waals surface area contributed by atoms with E-state index in [0.29, 0.717) is 18.8 Å². The number of rotatable bonds is 8. The zero-order valence-electron chi connectivity index (χ0n) is 14.6. The summed E-state index contributed by atoms with van der Waals surface area (Å²) in [7, 11) is 0. The number of hydrogen-bond acceptors (Lipinski definition) is 5. The fourth-order valence-corrected chi connectivity index (χ4v) is 5.13. The van der Waals surface area contributed by atoms with Crippen molar-refractivity contribution >= 4 is 11.9 Å². The Morgan fingerprint density at radius 2 is 1.42 bits per heavy atom. The number of hydrogen-bond donors (Lipinski definition) is 0. The Morgan fingerprint density at radius 3 is 1.92 bits per heavy atom. The second kappa shape index (κ2) is 7.26. The summed E-state index contributed by atoms with van der Waals surface area (Å²) in [6.07, 6.45) is 7.02. The zero-order valence-corrected chi connectivity index (χ0v) is 14.6. The molecule has 4 aliphatic carbocycles. The highest BCUT2D eigenvalue weighted by molar-refractivity contribution is 5.86. The van der Waals surface area contributed by atoms with E-state index in [1.807, 2.05) is 0 Å². The van der Waals surface area contributed by atoms with Gasteiger partial charge in [-0.15, -0.1) is 0 Å². The standard InChI is InChI=1S/C19H28O5/c1-13(2)17(20)23-5-3-22-4-6-24-18(21)19-10-14-7-15(11-19)9-16(8-14)12-19/h14-16H,1,3-12H2,2H3. The summed E-state index contributed by atoms with van der Waals surface area (Å²) in [4.78, 5) is 23.8. The van der Waals surface area contributed by atoms with Crippen LogP contribution in [0.5, 0.6) is 0 Å². The SMILES string of the molecule is C=C(C)C(=O)OCCOCCOC(=O)C12CC3CC(CC(C3)C1)C2. The Hall–Kier alpha value is -1.36. The molecule has 0 aromatic rings. The van der Waals surface area contributed by atoms with Gasteiger partial charge in [-0.3, -0.25) is 4.79 Å². The van der Waals surface area contributed by atoms with E-state index in [4.69, 9.17) is 14.2 Å². The summed E-state index contributed by atoms with van der Waals surface area (Å²) >= 11 is 0. The van der Waals surface area contributed by atoms with Crippen molar-refractivity contribution < 1.29 is 23.8 Å². The fourth-order valence-electron chi connectivity index (χ4n) is 5.13. The topological polar surface area (TPSA) is 61.8 Å². The maximum atomic E-state index is 12.6. The molecular weight excluding hydrogens is 308 g/mol. The van der Waals surface area contributed by atoms with Gasteiger partial charge in [0.2, 0.25) is 0 Å². The number of carbonyl (C=O) groups is 2. The molecule has 0 heterocycles. The molecule has 4 bridgehead atoms. The molecule has 0 aromatic carbocycles. The van der Waals surface area contributed by atoms with Crippen LogP contribution in [0.15, 0.2) is 12.2 Å². The molecule has 5 nitrogen and oxygen atoms in total. The van der Waals surface area contributed by atoms with Crippen molar-refractivity contribution in [3.8, 4) is 0 Å². The lowest BCUT2D eigenvalue weighted by Gasteiger charge is -2.55. The first kappa shape index (κ1) is 17.5. The van der Waals surface area contributed by atoms with Crippen LogP contribution in [0.1, 0.15) is 45.4 Å². The molecule has 0 aromatic heterocycles. The van der Waals surface area contributed by atoms with Gasteiger partial charge in [0.1, 0.15) is 13.2 Å². The Bertz CT molecular complexity index is 475. The fraction of sp³-hybridized carbons (Fsp3) is 0.789. The van der Waals surface area contributed by atoms with E-state index in [9.17, 15) is 9.59 Å². The lowest BCUT2D eigenvalue weighted by Crippen LogP contribution is -2.50. The largest absolute Gasteiger partial charge is 0.463 e. The second-order valence-electron chi connectivity index (χ2n) is 7.86. The molecule has 0 N–H and O–H groups in total. The van der Waals surface area contributed by atoms with Crippen molar-refractivity contribution in [2.24, 2.45) is 23.2 Å². The quantitative estimate of drug-likeness (QED) is 0.387. The van der Waals surface area contributed by atoms with Gasteiger partial charge in [0.25, 0.3) is 0 Å². The minimum atomic E-state index is -0.410. The minimum Gasteiger partial charge on any atom is -0.463 e. The van der Waals surface area contributed by atoms with Crippen LogP contribution < -0.4 is 0 Å². The van der Waals surface area contributed by atoms with Crippen LogP contribution in [0.25, 0.3) is 0 Å². The molecule has 0 radical (unpaired) electrons. The molecule has 0 saturated heterocycles. The Labute approximate surface area is 143 Å². The summed E-state index contributed by atoms with van der Waals surface area (Å²) in [6, 6.07) is 0. The molecule has 0 spiro atoms. The van der Waals surface area contributed by atoms with Gasteiger partial charge in [-0.1, -0.05) is 6.58 Å². The van der Waals surface area contributed by atoms with Crippen molar-refractivity contribution in [1.29, 1.82) is 0 Å². The summed E-state index contributed by atoms with van der Waals surface area (Å²) < 4.78 is 15.8. The Kier molecular flexibility index (Phi) is 5.28. The van der Waals surface area contributed by atoms with Crippen LogP contribution in [-0.4, -0.2) is 38.4 Å². The molecule has 0 amide bonds. The van der Waals surface area contributed by atoms with Gasteiger partial charge in [0, 0.05) is 5.57 Å². The predicted octanol–water partition coefficient (Wildman–Crippen LogP) is 2.88. The zero-order chi connectivity index (χ0) is 17.2. The second-order valence-corrected chi connectivity index (χ2v) is 7.86. The van der Waals surface area contributed by atoms with E-state index < -0.39 is 5.97 Å².